The van der Waals surface area contributed by atoms with Gasteiger partial charge in [-0.15, -0.1) is 0 Å². The van der Waals surface area contributed by atoms with Crippen molar-refractivity contribution in [2.24, 2.45) is 0 Å². The van der Waals surface area contributed by atoms with Gasteiger partial charge in [-0.05, 0) is 18.9 Å². The minimum Gasteiger partial charge on any atom is -0.258 e. The molecule has 0 atom stereocenters. The molecule has 0 bridgehead atoms. The Labute approximate surface area is 116 Å². The van der Waals surface area contributed by atoms with E-state index in [-0.39, 0.29) is 6.04 Å². The van der Waals surface area contributed by atoms with E-state index in [0.29, 0.717) is 6.07 Å². The SMILES string of the molecule is O=[N+]([O-])c1ccc(S(=O)(=O)NC2CCCCC2)c(F)c1. The van der Waals surface area contributed by atoms with Crippen molar-refractivity contribution in [3.05, 3.63) is 34.1 Å². The second-order valence-electron chi connectivity index (χ2n) is 4.83. The van der Waals surface area contributed by atoms with Crippen LogP contribution in [-0.4, -0.2) is 19.4 Å². The zero-order chi connectivity index (χ0) is 14.8. The van der Waals surface area contributed by atoms with Gasteiger partial charge < -0.3 is 0 Å². The molecule has 8 heteroatoms. The first-order valence-corrected chi connectivity index (χ1v) is 7.85. The topological polar surface area (TPSA) is 89.3 Å². The van der Waals surface area contributed by atoms with Crippen LogP contribution in [0.2, 0.25) is 0 Å². The summed E-state index contributed by atoms with van der Waals surface area (Å²) in [7, 11) is -3.98. The molecule has 6 nitrogen and oxygen atoms in total. The lowest BCUT2D eigenvalue weighted by molar-refractivity contribution is -0.385. The molecule has 1 fully saturated rings. The number of hydrogen-bond donors (Lipinski definition) is 1. The van der Waals surface area contributed by atoms with Crippen molar-refractivity contribution >= 4 is 15.7 Å². The number of nitrogens with one attached hydrogen (secondary N) is 1. The third-order valence-corrected chi connectivity index (χ3v) is 4.90. The summed E-state index contributed by atoms with van der Waals surface area (Å²) in [5.41, 5.74) is -0.473. The van der Waals surface area contributed by atoms with Gasteiger partial charge in [-0.1, -0.05) is 19.3 Å². The van der Waals surface area contributed by atoms with E-state index in [1.54, 1.807) is 0 Å². The van der Waals surface area contributed by atoms with E-state index in [1.165, 1.54) is 0 Å². The molecule has 1 aromatic carbocycles. The van der Waals surface area contributed by atoms with E-state index in [4.69, 9.17) is 0 Å². The van der Waals surface area contributed by atoms with Crippen LogP contribution in [0, 0.1) is 15.9 Å². The molecule has 0 amide bonds. The minimum absolute atomic E-state index is 0.191. The number of nitro groups is 1. The van der Waals surface area contributed by atoms with Gasteiger partial charge in [-0.3, -0.25) is 10.1 Å². The summed E-state index contributed by atoms with van der Waals surface area (Å²) in [5.74, 6) is -1.11. The fraction of sp³-hybridized carbons (Fsp3) is 0.500. The van der Waals surface area contributed by atoms with E-state index < -0.39 is 31.3 Å². The molecule has 0 saturated heterocycles. The Morgan fingerprint density at radius 1 is 1.25 bits per heavy atom. The number of benzene rings is 1. The van der Waals surface area contributed by atoms with Gasteiger partial charge in [0.2, 0.25) is 10.0 Å². The molecular formula is C12H15FN2O4S. The van der Waals surface area contributed by atoms with E-state index in [1.807, 2.05) is 0 Å². The van der Waals surface area contributed by atoms with E-state index >= 15 is 0 Å². The van der Waals surface area contributed by atoms with Gasteiger partial charge in [-0.25, -0.2) is 17.5 Å². The van der Waals surface area contributed by atoms with Crippen molar-refractivity contribution < 1.29 is 17.7 Å². The third kappa shape index (κ3) is 3.31. The van der Waals surface area contributed by atoms with Crippen LogP contribution in [0.1, 0.15) is 32.1 Å². The monoisotopic (exact) mass is 302 g/mol. The van der Waals surface area contributed by atoms with Gasteiger partial charge in [-0.2, -0.15) is 0 Å². The number of nitrogens with zero attached hydrogens (tertiary/aromatic N) is 1. The van der Waals surface area contributed by atoms with Crippen LogP contribution in [-0.2, 0) is 10.0 Å². The molecule has 1 aromatic rings. The molecule has 0 spiro atoms. The summed E-state index contributed by atoms with van der Waals surface area (Å²) in [5, 5.41) is 10.5. The predicted molar refractivity (Wildman–Crippen MR) is 70.2 cm³/mol. The van der Waals surface area contributed by atoms with Gasteiger partial charge in [0.05, 0.1) is 11.0 Å². The molecule has 1 aliphatic rings. The largest absolute Gasteiger partial charge is 0.272 e. The van der Waals surface area contributed by atoms with Gasteiger partial charge >= 0.3 is 0 Å². The van der Waals surface area contributed by atoms with Gasteiger partial charge in [0.25, 0.3) is 5.69 Å². The lowest BCUT2D eigenvalue weighted by Crippen LogP contribution is -2.36. The molecule has 0 aromatic heterocycles. The Balaban J connectivity index is 2.22. The summed E-state index contributed by atoms with van der Waals surface area (Å²) in [6.45, 7) is 0. The van der Waals surface area contributed by atoms with Crippen LogP contribution in [0.15, 0.2) is 23.1 Å². The Kier molecular flexibility index (Phi) is 4.34. The van der Waals surface area contributed by atoms with E-state index in [0.717, 1.165) is 44.2 Å². The van der Waals surface area contributed by atoms with Crippen molar-refractivity contribution in [1.82, 2.24) is 4.72 Å². The summed E-state index contributed by atoms with van der Waals surface area (Å²) in [4.78, 5) is 9.19. The van der Waals surface area contributed by atoms with Crippen molar-refractivity contribution in [3.63, 3.8) is 0 Å². The number of hydrogen-bond acceptors (Lipinski definition) is 4. The predicted octanol–water partition coefficient (Wildman–Crippen LogP) is 2.34. The number of non-ortho nitro benzene ring substituents is 1. The van der Waals surface area contributed by atoms with Crippen LogP contribution < -0.4 is 4.72 Å². The summed E-state index contributed by atoms with van der Waals surface area (Å²) >= 11 is 0. The molecule has 1 saturated carbocycles. The molecule has 1 N–H and O–H groups in total. The van der Waals surface area contributed by atoms with Crippen molar-refractivity contribution in [1.29, 1.82) is 0 Å². The normalized spacial score (nSPS) is 17.1. The van der Waals surface area contributed by atoms with Crippen LogP contribution in [0.5, 0.6) is 0 Å². The Hall–Kier alpha value is -1.54. The quantitative estimate of drug-likeness (QED) is 0.683. The maximum atomic E-state index is 13.7. The first-order valence-electron chi connectivity index (χ1n) is 6.36. The molecule has 20 heavy (non-hydrogen) atoms. The van der Waals surface area contributed by atoms with Crippen LogP contribution in [0.25, 0.3) is 0 Å². The van der Waals surface area contributed by atoms with E-state index in [2.05, 4.69) is 4.72 Å². The van der Waals surface area contributed by atoms with Gasteiger partial charge in [0.1, 0.15) is 10.7 Å². The second-order valence-corrected chi connectivity index (χ2v) is 6.51. The fourth-order valence-corrected chi connectivity index (χ4v) is 3.69. The highest BCUT2D eigenvalue weighted by molar-refractivity contribution is 7.89. The average molecular weight is 302 g/mol. The Morgan fingerprint density at radius 2 is 1.90 bits per heavy atom. The molecule has 1 aliphatic carbocycles. The number of nitro benzene ring substituents is 1. The maximum absolute atomic E-state index is 13.7. The van der Waals surface area contributed by atoms with Crippen molar-refractivity contribution in [2.75, 3.05) is 0 Å². The smallest absolute Gasteiger partial charge is 0.258 e. The Morgan fingerprint density at radius 3 is 2.45 bits per heavy atom. The standard InChI is InChI=1S/C12H15FN2O4S/c13-11-8-10(15(16)17)6-7-12(11)20(18,19)14-9-4-2-1-3-5-9/h6-9,14H,1-5H2. The van der Waals surface area contributed by atoms with Crippen LogP contribution >= 0.6 is 0 Å². The van der Waals surface area contributed by atoms with Crippen molar-refractivity contribution in [2.45, 2.75) is 43.0 Å². The summed E-state index contributed by atoms with van der Waals surface area (Å²) < 4.78 is 40.4. The zero-order valence-electron chi connectivity index (χ0n) is 10.7. The molecule has 0 radical (unpaired) electrons. The molecular weight excluding hydrogens is 287 g/mol. The highest BCUT2D eigenvalue weighted by Gasteiger charge is 2.25. The van der Waals surface area contributed by atoms with Gasteiger partial charge in [0.15, 0.2) is 0 Å². The van der Waals surface area contributed by atoms with Crippen LogP contribution in [0.3, 0.4) is 0 Å². The average Bonchev–Trinajstić information content (AvgIpc) is 2.38. The lowest BCUT2D eigenvalue weighted by atomic mass is 9.96. The third-order valence-electron chi connectivity index (χ3n) is 3.34. The first kappa shape index (κ1) is 14.9. The number of halogens is 1. The van der Waals surface area contributed by atoms with Crippen LogP contribution in [0.4, 0.5) is 10.1 Å². The zero-order valence-corrected chi connectivity index (χ0v) is 11.5. The van der Waals surface area contributed by atoms with Gasteiger partial charge in [0, 0.05) is 12.1 Å². The second kappa shape index (κ2) is 5.84. The number of sulfonamides is 1. The summed E-state index contributed by atoms with van der Waals surface area (Å²) in [6.07, 6.45) is 4.41. The molecule has 0 aliphatic heterocycles. The molecule has 110 valence electrons. The molecule has 0 unspecified atom stereocenters. The number of rotatable bonds is 4. The minimum atomic E-state index is -3.98. The maximum Gasteiger partial charge on any atom is 0.272 e. The van der Waals surface area contributed by atoms with Crippen molar-refractivity contribution in [3.8, 4) is 0 Å². The molecule has 0 heterocycles. The molecule has 2 rings (SSSR count). The summed E-state index contributed by atoms with van der Waals surface area (Å²) in [6, 6.07) is 2.34. The highest BCUT2D eigenvalue weighted by atomic mass is 32.2. The Bertz CT molecular complexity index is 612. The highest BCUT2D eigenvalue weighted by Crippen LogP contribution is 2.23. The van der Waals surface area contributed by atoms with E-state index in [9.17, 15) is 22.9 Å². The lowest BCUT2D eigenvalue weighted by Gasteiger charge is -2.22. The first-order chi connectivity index (χ1) is 9.40. The fourth-order valence-electron chi connectivity index (χ4n) is 2.32.